The Morgan fingerprint density at radius 3 is 3.04 bits per heavy atom. The zero-order valence-corrected chi connectivity index (χ0v) is 13.6. The van der Waals surface area contributed by atoms with Gasteiger partial charge in [0.2, 0.25) is 5.88 Å². The lowest BCUT2D eigenvalue weighted by atomic mass is 10.2. The summed E-state index contributed by atoms with van der Waals surface area (Å²) in [5.74, 6) is -0.118. The molecule has 0 saturated heterocycles. The van der Waals surface area contributed by atoms with Crippen molar-refractivity contribution in [2.45, 2.75) is 0 Å². The first-order valence-electron chi connectivity index (χ1n) is 7.20. The van der Waals surface area contributed by atoms with Crippen molar-refractivity contribution in [3.63, 3.8) is 0 Å². The van der Waals surface area contributed by atoms with Crippen LogP contribution in [-0.4, -0.2) is 41.4 Å². The van der Waals surface area contributed by atoms with Gasteiger partial charge < -0.3 is 14.8 Å². The number of carbonyl (C=O) groups is 1. The molecule has 0 saturated carbocycles. The van der Waals surface area contributed by atoms with Gasteiger partial charge in [0.1, 0.15) is 12.2 Å². The quantitative estimate of drug-likeness (QED) is 0.670. The second kappa shape index (κ2) is 7.29. The number of aromatic amines is 1. The van der Waals surface area contributed by atoms with E-state index in [4.69, 9.17) is 21.1 Å². The fourth-order valence-corrected chi connectivity index (χ4v) is 2.43. The Hall–Kier alpha value is -2.64. The minimum absolute atomic E-state index is 0.243. The lowest BCUT2D eigenvalue weighted by Crippen LogP contribution is -2.16. The molecule has 2 heterocycles. The maximum absolute atomic E-state index is 12.5. The van der Waals surface area contributed by atoms with Gasteiger partial charge in [-0.2, -0.15) is 5.10 Å². The van der Waals surface area contributed by atoms with Crippen LogP contribution in [0.2, 0.25) is 5.02 Å². The number of hydrogen-bond donors (Lipinski definition) is 2. The molecule has 0 aliphatic carbocycles. The SMILES string of the molecule is COCCOc1ncccc1C(=O)Nc1ccc2[nH]ncc2c1Cl. The number of amides is 1. The molecule has 124 valence electrons. The van der Waals surface area contributed by atoms with Crippen molar-refractivity contribution in [1.29, 1.82) is 0 Å². The molecule has 0 atom stereocenters. The number of H-pyrrole nitrogens is 1. The Bertz CT molecular complexity index is 865. The van der Waals surface area contributed by atoms with Gasteiger partial charge >= 0.3 is 0 Å². The molecule has 0 radical (unpaired) electrons. The van der Waals surface area contributed by atoms with Crippen molar-refractivity contribution >= 4 is 34.1 Å². The number of pyridine rings is 1. The molecule has 3 aromatic rings. The highest BCUT2D eigenvalue weighted by Crippen LogP contribution is 2.30. The third-order valence-electron chi connectivity index (χ3n) is 3.35. The van der Waals surface area contributed by atoms with E-state index in [2.05, 4.69) is 20.5 Å². The summed E-state index contributed by atoms with van der Waals surface area (Å²) in [5.41, 5.74) is 1.60. The van der Waals surface area contributed by atoms with E-state index in [1.54, 1.807) is 43.8 Å². The average molecular weight is 347 g/mol. The van der Waals surface area contributed by atoms with E-state index in [0.29, 0.717) is 29.5 Å². The summed E-state index contributed by atoms with van der Waals surface area (Å²) in [6.07, 6.45) is 3.17. The summed E-state index contributed by atoms with van der Waals surface area (Å²) in [5, 5.41) is 10.7. The molecule has 1 amide bonds. The van der Waals surface area contributed by atoms with Gasteiger partial charge in [-0.3, -0.25) is 9.89 Å². The minimum atomic E-state index is -0.361. The van der Waals surface area contributed by atoms with Gasteiger partial charge in [-0.1, -0.05) is 11.6 Å². The molecule has 8 heteroatoms. The smallest absolute Gasteiger partial charge is 0.261 e. The summed E-state index contributed by atoms with van der Waals surface area (Å²) in [7, 11) is 1.57. The van der Waals surface area contributed by atoms with Crippen LogP contribution < -0.4 is 10.1 Å². The Morgan fingerprint density at radius 2 is 2.21 bits per heavy atom. The molecule has 2 aromatic heterocycles. The summed E-state index contributed by atoms with van der Waals surface area (Å²) in [6, 6.07) is 6.80. The molecule has 24 heavy (non-hydrogen) atoms. The minimum Gasteiger partial charge on any atom is -0.475 e. The molecular formula is C16H15ClN4O3. The number of benzene rings is 1. The van der Waals surface area contributed by atoms with E-state index in [0.717, 1.165) is 10.9 Å². The molecule has 1 aromatic carbocycles. The van der Waals surface area contributed by atoms with E-state index >= 15 is 0 Å². The number of ether oxygens (including phenoxy) is 2. The van der Waals surface area contributed by atoms with Crippen LogP contribution in [0.5, 0.6) is 5.88 Å². The number of methoxy groups -OCH3 is 1. The predicted octanol–water partition coefficient (Wildman–Crippen LogP) is 2.89. The van der Waals surface area contributed by atoms with Crippen LogP contribution >= 0.6 is 11.6 Å². The molecule has 0 bridgehead atoms. The van der Waals surface area contributed by atoms with Crippen LogP contribution in [-0.2, 0) is 4.74 Å². The van der Waals surface area contributed by atoms with Crippen LogP contribution in [0.1, 0.15) is 10.4 Å². The second-order valence-electron chi connectivity index (χ2n) is 4.91. The zero-order chi connectivity index (χ0) is 16.9. The van der Waals surface area contributed by atoms with Crippen molar-refractivity contribution < 1.29 is 14.3 Å². The number of fused-ring (bicyclic) bond motifs is 1. The molecule has 0 unspecified atom stereocenters. The third-order valence-corrected chi connectivity index (χ3v) is 3.76. The fourth-order valence-electron chi connectivity index (χ4n) is 2.17. The van der Waals surface area contributed by atoms with Crippen molar-refractivity contribution in [2.24, 2.45) is 0 Å². The van der Waals surface area contributed by atoms with Crippen molar-refractivity contribution in [1.82, 2.24) is 15.2 Å². The number of aromatic nitrogens is 3. The molecule has 3 rings (SSSR count). The van der Waals surface area contributed by atoms with Gasteiger partial charge in [0.05, 0.1) is 29.0 Å². The van der Waals surface area contributed by atoms with E-state index in [9.17, 15) is 4.79 Å². The standard InChI is InChI=1S/C16H15ClN4O3/c1-23-7-8-24-16-10(3-2-6-18-16)15(22)20-13-5-4-12-11(14(13)17)9-19-21-12/h2-6,9H,7-8H2,1H3,(H,19,21)(H,20,22). The van der Waals surface area contributed by atoms with Gasteiger partial charge in [0.25, 0.3) is 5.91 Å². The van der Waals surface area contributed by atoms with E-state index < -0.39 is 0 Å². The van der Waals surface area contributed by atoms with Gasteiger partial charge in [0, 0.05) is 18.7 Å². The monoisotopic (exact) mass is 346 g/mol. The first-order chi connectivity index (χ1) is 11.7. The van der Waals surface area contributed by atoms with Gasteiger partial charge in [-0.05, 0) is 24.3 Å². The van der Waals surface area contributed by atoms with Crippen molar-refractivity contribution in [3.05, 3.63) is 47.2 Å². The largest absolute Gasteiger partial charge is 0.475 e. The van der Waals surface area contributed by atoms with Gasteiger partial charge in [-0.25, -0.2) is 4.98 Å². The first-order valence-corrected chi connectivity index (χ1v) is 7.58. The van der Waals surface area contributed by atoms with Crippen LogP contribution in [0, 0.1) is 0 Å². The number of nitrogens with one attached hydrogen (secondary N) is 2. The third kappa shape index (κ3) is 3.32. The molecule has 0 aliphatic heterocycles. The number of hydrogen-bond acceptors (Lipinski definition) is 5. The highest BCUT2D eigenvalue weighted by molar-refractivity contribution is 6.38. The zero-order valence-electron chi connectivity index (χ0n) is 12.9. The highest BCUT2D eigenvalue weighted by Gasteiger charge is 2.16. The normalized spacial score (nSPS) is 10.8. The Kier molecular flexibility index (Phi) is 4.93. The van der Waals surface area contributed by atoms with Crippen molar-refractivity contribution in [2.75, 3.05) is 25.6 Å². The first kappa shape index (κ1) is 16.2. The van der Waals surface area contributed by atoms with Gasteiger partial charge in [0.15, 0.2) is 0 Å². The lowest BCUT2D eigenvalue weighted by Gasteiger charge is -2.11. The van der Waals surface area contributed by atoms with Crippen LogP contribution in [0.25, 0.3) is 10.9 Å². The summed E-state index contributed by atoms with van der Waals surface area (Å²) >= 11 is 6.32. The summed E-state index contributed by atoms with van der Waals surface area (Å²) in [6.45, 7) is 0.705. The lowest BCUT2D eigenvalue weighted by molar-refractivity contribution is 0.101. The van der Waals surface area contributed by atoms with Crippen LogP contribution in [0.15, 0.2) is 36.7 Å². The van der Waals surface area contributed by atoms with E-state index in [1.807, 2.05) is 0 Å². The van der Waals surface area contributed by atoms with Crippen molar-refractivity contribution in [3.8, 4) is 5.88 Å². The van der Waals surface area contributed by atoms with Crippen LogP contribution in [0.3, 0.4) is 0 Å². The number of anilines is 1. The fraction of sp³-hybridized carbons (Fsp3) is 0.188. The maximum Gasteiger partial charge on any atom is 0.261 e. The van der Waals surface area contributed by atoms with Gasteiger partial charge in [-0.15, -0.1) is 0 Å². The highest BCUT2D eigenvalue weighted by atomic mass is 35.5. The van der Waals surface area contributed by atoms with Crippen LogP contribution in [0.4, 0.5) is 5.69 Å². The maximum atomic E-state index is 12.5. The number of rotatable bonds is 6. The summed E-state index contributed by atoms with van der Waals surface area (Å²) < 4.78 is 10.4. The molecule has 0 spiro atoms. The number of carbonyl (C=O) groups excluding carboxylic acids is 1. The predicted molar refractivity (Wildman–Crippen MR) is 90.7 cm³/mol. The molecule has 7 nitrogen and oxygen atoms in total. The number of nitrogens with zero attached hydrogens (tertiary/aromatic N) is 2. The average Bonchev–Trinajstić information content (AvgIpc) is 3.07. The molecular weight excluding hydrogens is 332 g/mol. The molecule has 0 aliphatic rings. The molecule has 2 N–H and O–H groups in total. The summed E-state index contributed by atoms with van der Waals surface area (Å²) in [4.78, 5) is 16.6. The van der Waals surface area contributed by atoms with E-state index in [-0.39, 0.29) is 11.8 Å². The Balaban J connectivity index is 1.82. The van der Waals surface area contributed by atoms with E-state index in [1.165, 1.54) is 0 Å². The molecule has 0 fully saturated rings. The Morgan fingerprint density at radius 1 is 1.33 bits per heavy atom. The Labute approximate surface area is 142 Å². The number of halogens is 1. The second-order valence-corrected chi connectivity index (χ2v) is 5.29. The topological polar surface area (TPSA) is 89.1 Å².